The third kappa shape index (κ3) is 3.20. The molecule has 0 aromatic heterocycles. The van der Waals surface area contributed by atoms with Crippen LogP contribution in [0, 0.1) is 0 Å². The highest BCUT2D eigenvalue weighted by Gasteiger charge is 2.27. The third-order valence-electron chi connectivity index (χ3n) is 3.32. The molecule has 0 saturated carbocycles. The molecule has 1 amide bonds. The van der Waals surface area contributed by atoms with Crippen molar-refractivity contribution in [1.29, 1.82) is 0 Å². The van der Waals surface area contributed by atoms with Crippen molar-refractivity contribution in [2.45, 2.75) is 25.3 Å². The van der Waals surface area contributed by atoms with Gasteiger partial charge in [-0.1, -0.05) is 30.7 Å². The van der Waals surface area contributed by atoms with E-state index in [-0.39, 0.29) is 11.9 Å². The molecule has 18 heavy (non-hydrogen) atoms. The Morgan fingerprint density at radius 1 is 1.39 bits per heavy atom. The molecule has 1 N–H and O–H groups in total. The normalized spacial score (nSPS) is 20.3. The maximum absolute atomic E-state index is 12.3. The minimum absolute atomic E-state index is 0.0167. The van der Waals surface area contributed by atoms with E-state index in [1.54, 1.807) is 0 Å². The summed E-state index contributed by atoms with van der Waals surface area (Å²) in [6.07, 6.45) is 5.10. The molecule has 1 aliphatic heterocycles. The second kappa shape index (κ2) is 6.36. The number of nitrogens with one attached hydrogen (secondary N) is 1. The molecule has 1 fully saturated rings. The van der Waals surface area contributed by atoms with Crippen molar-refractivity contribution in [2.75, 3.05) is 18.4 Å². The zero-order valence-electron chi connectivity index (χ0n) is 10.6. The summed E-state index contributed by atoms with van der Waals surface area (Å²) < 4.78 is 0. The average molecular weight is 244 g/mol. The highest BCUT2D eigenvalue weighted by atomic mass is 16.2. The smallest absolute Gasteiger partial charge is 0.241 e. The van der Waals surface area contributed by atoms with Crippen molar-refractivity contribution in [3.63, 3.8) is 0 Å². The number of carbonyl (C=O) groups excluding carboxylic acids is 1. The molecule has 96 valence electrons. The molecular weight excluding hydrogens is 224 g/mol. The molecule has 1 atom stereocenters. The fourth-order valence-corrected chi connectivity index (χ4v) is 2.42. The fourth-order valence-electron chi connectivity index (χ4n) is 2.42. The van der Waals surface area contributed by atoms with Gasteiger partial charge in [0.2, 0.25) is 5.91 Å². The molecule has 0 aliphatic carbocycles. The standard InChI is InChI=1S/C15H20N2O/c1-2-11-17-12-7-6-10-14(17)15(18)16-13-8-4-3-5-9-13/h2-5,8-9,14H,1,6-7,10-12H2,(H,16,18). The lowest BCUT2D eigenvalue weighted by molar-refractivity contribution is -0.122. The quantitative estimate of drug-likeness (QED) is 0.826. The molecule has 2 rings (SSSR count). The van der Waals surface area contributed by atoms with Crippen LogP contribution in [0.15, 0.2) is 43.0 Å². The zero-order chi connectivity index (χ0) is 12.8. The molecule has 1 unspecified atom stereocenters. The predicted octanol–water partition coefficient (Wildman–Crippen LogP) is 2.67. The molecule has 3 nitrogen and oxygen atoms in total. The Morgan fingerprint density at radius 2 is 2.17 bits per heavy atom. The first-order valence-corrected chi connectivity index (χ1v) is 6.52. The Balaban J connectivity index is 2.00. The highest BCUT2D eigenvalue weighted by Crippen LogP contribution is 2.18. The largest absolute Gasteiger partial charge is 0.325 e. The Morgan fingerprint density at radius 3 is 2.89 bits per heavy atom. The van der Waals surface area contributed by atoms with Crippen molar-refractivity contribution in [2.24, 2.45) is 0 Å². The van der Waals surface area contributed by atoms with Gasteiger partial charge in [-0.2, -0.15) is 0 Å². The number of benzene rings is 1. The van der Waals surface area contributed by atoms with Gasteiger partial charge in [-0.05, 0) is 31.5 Å². The SMILES string of the molecule is C=CCN1CCCCC1C(=O)Nc1ccccc1. The van der Waals surface area contributed by atoms with Gasteiger partial charge in [0.25, 0.3) is 0 Å². The van der Waals surface area contributed by atoms with Crippen molar-refractivity contribution >= 4 is 11.6 Å². The third-order valence-corrected chi connectivity index (χ3v) is 3.32. The van der Waals surface area contributed by atoms with Gasteiger partial charge >= 0.3 is 0 Å². The molecule has 1 heterocycles. The van der Waals surface area contributed by atoms with E-state index < -0.39 is 0 Å². The van der Waals surface area contributed by atoms with Crippen LogP contribution in [0.3, 0.4) is 0 Å². The summed E-state index contributed by atoms with van der Waals surface area (Å²) in [6.45, 7) is 5.53. The van der Waals surface area contributed by atoms with Gasteiger partial charge in [-0.3, -0.25) is 9.69 Å². The van der Waals surface area contributed by atoms with E-state index in [9.17, 15) is 4.79 Å². The number of anilines is 1. The van der Waals surface area contributed by atoms with Crippen LogP contribution in [0.4, 0.5) is 5.69 Å². The van der Waals surface area contributed by atoms with E-state index in [1.807, 2.05) is 36.4 Å². The van der Waals surface area contributed by atoms with Crippen molar-refractivity contribution in [3.8, 4) is 0 Å². The Kier molecular flexibility index (Phi) is 4.53. The van der Waals surface area contributed by atoms with E-state index in [1.165, 1.54) is 6.42 Å². The number of amides is 1. The monoisotopic (exact) mass is 244 g/mol. The molecule has 1 saturated heterocycles. The van der Waals surface area contributed by atoms with Crippen molar-refractivity contribution in [1.82, 2.24) is 4.90 Å². The first-order chi connectivity index (χ1) is 8.81. The van der Waals surface area contributed by atoms with E-state index in [0.717, 1.165) is 31.6 Å². The lowest BCUT2D eigenvalue weighted by Crippen LogP contribution is -2.47. The van der Waals surface area contributed by atoms with Crippen LogP contribution in [0.1, 0.15) is 19.3 Å². The van der Waals surface area contributed by atoms with E-state index in [4.69, 9.17) is 0 Å². The molecule has 0 radical (unpaired) electrons. The van der Waals surface area contributed by atoms with Gasteiger partial charge in [0.15, 0.2) is 0 Å². The number of para-hydroxylation sites is 1. The van der Waals surface area contributed by atoms with Gasteiger partial charge in [0, 0.05) is 12.2 Å². The van der Waals surface area contributed by atoms with Gasteiger partial charge in [-0.25, -0.2) is 0 Å². The molecule has 0 spiro atoms. The Hall–Kier alpha value is -1.61. The number of hydrogen-bond donors (Lipinski definition) is 1. The summed E-state index contributed by atoms with van der Waals surface area (Å²) in [4.78, 5) is 14.5. The summed E-state index contributed by atoms with van der Waals surface area (Å²) >= 11 is 0. The topological polar surface area (TPSA) is 32.3 Å². The van der Waals surface area contributed by atoms with Gasteiger partial charge in [-0.15, -0.1) is 6.58 Å². The second-order valence-corrected chi connectivity index (χ2v) is 4.65. The number of rotatable bonds is 4. The maximum Gasteiger partial charge on any atom is 0.241 e. The summed E-state index contributed by atoms with van der Waals surface area (Å²) in [6, 6.07) is 9.62. The number of hydrogen-bond acceptors (Lipinski definition) is 2. The predicted molar refractivity (Wildman–Crippen MR) is 74.5 cm³/mol. The van der Waals surface area contributed by atoms with Crippen LogP contribution in [0.25, 0.3) is 0 Å². The Bertz CT molecular complexity index is 402. The number of piperidine rings is 1. The van der Waals surface area contributed by atoms with Crippen LogP contribution in [-0.2, 0) is 4.79 Å². The summed E-state index contributed by atoms with van der Waals surface area (Å²) in [7, 11) is 0. The van der Waals surface area contributed by atoms with Crippen LogP contribution >= 0.6 is 0 Å². The lowest BCUT2D eigenvalue weighted by atomic mass is 10.0. The fraction of sp³-hybridized carbons (Fsp3) is 0.400. The molecule has 1 aliphatic rings. The van der Waals surface area contributed by atoms with Crippen LogP contribution in [0.5, 0.6) is 0 Å². The summed E-state index contributed by atoms with van der Waals surface area (Å²) in [5.41, 5.74) is 0.867. The molecular formula is C15H20N2O. The van der Waals surface area contributed by atoms with E-state index >= 15 is 0 Å². The number of carbonyl (C=O) groups is 1. The van der Waals surface area contributed by atoms with Crippen LogP contribution in [-0.4, -0.2) is 29.9 Å². The van der Waals surface area contributed by atoms with Gasteiger partial charge in [0.1, 0.15) is 0 Å². The van der Waals surface area contributed by atoms with Crippen LogP contribution in [0.2, 0.25) is 0 Å². The summed E-state index contributed by atoms with van der Waals surface area (Å²) in [5.74, 6) is 0.0998. The maximum atomic E-state index is 12.3. The second-order valence-electron chi connectivity index (χ2n) is 4.65. The van der Waals surface area contributed by atoms with E-state index in [0.29, 0.717) is 0 Å². The number of nitrogens with zero attached hydrogens (tertiary/aromatic N) is 1. The van der Waals surface area contributed by atoms with Crippen molar-refractivity contribution < 1.29 is 4.79 Å². The number of likely N-dealkylation sites (tertiary alicyclic amines) is 1. The van der Waals surface area contributed by atoms with E-state index in [2.05, 4.69) is 16.8 Å². The highest BCUT2D eigenvalue weighted by molar-refractivity contribution is 5.94. The average Bonchev–Trinajstić information content (AvgIpc) is 2.41. The molecule has 1 aromatic carbocycles. The minimum atomic E-state index is -0.0167. The molecule has 1 aromatic rings. The van der Waals surface area contributed by atoms with Crippen molar-refractivity contribution in [3.05, 3.63) is 43.0 Å². The summed E-state index contributed by atoms with van der Waals surface area (Å²) in [5, 5.41) is 2.99. The molecule has 0 bridgehead atoms. The minimum Gasteiger partial charge on any atom is -0.325 e. The first kappa shape index (κ1) is 12.8. The Labute approximate surface area is 108 Å². The first-order valence-electron chi connectivity index (χ1n) is 6.52. The van der Waals surface area contributed by atoms with Crippen LogP contribution < -0.4 is 5.32 Å². The zero-order valence-corrected chi connectivity index (χ0v) is 10.6. The van der Waals surface area contributed by atoms with Gasteiger partial charge in [0.05, 0.1) is 6.04 Å². The lowest BCUT2D eigenvalue weighted by Gasteiger charge is -2.33. The van der Waals surface area contributed by atoms with Gasteiger partial charge < -0.3 is 5.32 Å². The molecule has 3 heteroatoms.